The van der Waals surface area contributed by atoms with Gasteiger partial charge in [0.15, 0.2) is 11.7 Å². The summed E-state index contributed by atoms with van der Waals surface area (Å²) in [5, 5.41) is 16.6. The Morgan fingerprint density at radius 1 is 1.18 bits per heavy atom. The molecule has 0 aliphatic carbocycles. The summed E-state index contributed by atoms with van der Waals surface area (Å²) in [6.45, 7) is 16.8. The van der Waals surface area contributed by atoms with Crippen LogP contribution in [0.3, 0.4) is 0 Å². The van der Waals surface area contributed by atoms with Crippen molar-refractivity contribution in [3.63, 3.8) is 0 Å². The van der Waals surface area contributed by atoms with E-state index in [1.165, 1.54) is 6.42 Å². The smallest absolute Gasteiger partial charge is 0.269 e. The number of furan rings is 1. The highest BCUT2D eigenvalue weighted by Gasteiger charge is 2.21. The summed E-state index contributed by atoms with van der Waals surface area (Å²) in [4.78, 5) is 1.81. The van der Waals surface area contributed by atoms with Gasteiger partial charge in [-0.3, -0.25) is 0 Å². The number of rotatable bonds is 6. The van der Waals surface area contributed by atoms with Gasteiger partial charge in [0.25, 0.3) is 11.2 Å². The number of aryl methyl sites for hydroxylation is 1. The second-order valence-electron chi connectivity index (χ2n) is 7.95. The van der Waals surface area contributed by atoms with Crippen molar-refractivity contribution in [1.29, 1.82) is 0 Å². The molecule has 0 saturated carbocycles. The lowest BCUT2D eigenvalue weighted by molar-refractivity contribution is 0.472. The van der Waals surface area contributed by atoms with E-state index in [-0.39, 0.29) is 11.6 Å². The number of para-hydroxylation sites is 1. The monoisotopic (exact) mass is 489 g/mol. The summed E-state index contributed by atoms with van der Waals surface area (Å²) in [6.07, 6.45) is 1.31. The number of amidine groups is 2. The van der Waals surface area contributed by atoms with Crippen LogP contribution in [-0.2, 0) is 17.7 Å². The number of phenols is 1. The molecule has 3 rings (SSSR count). The highest BCUT2D eigenvalue weighted by molar-refractivity contribution is 7.83. The van der Waals surface area contributed by atoms with E-state index in [1.54, 1.807) is 23.1 Å². The molecule has 188 valence electrons. The molecule has 0 amide bonds. The van der Waals surface area contributed by atoms with Gasteiger partial charge in [-0.15, -0.1) is 8.80 Å². The molecule has 0 fully saturated rings. The number of phenolic OH excluding ortho intramolecular Hbond substituents is 1. The summed E-state index contributed by atoms with van der Waals surface area (Å²) in [5.74, 6) is 3.05. The van der Waals surface area contributed by atoms with E-state index in [4.69, 9.17) is 4.42 Å². The molecule has 0 saturated heterocycles. The summed E-state index contributed by atoms with van der Waals surface area (Å²) in [5.41, 5.74) is 1.66. The lowest BCUT2D eigenvalue weighted by Crippen LogP contribution is -2.33. The second kappa shape index (κ2) is 14.2. The molecule has 0 spiro atoms. The second-order valence-corrected chi connectivity index (χ2v) is 8.77. The molecular formula is C25H39N5O3S. The van der Waals surface area contributed by atoms with Crippen molar-refractivity contribution in [3.05, 3.63) is 54.0 Å². The van der Waals surface area contributed by atoms with Crippen LogP contribution < -0.4 is 10.6 Å². The third-order valence-electron chi connectivity index (χ3n) is 4.75. The van der Waals surface area contributed by atoms with Gasteiger partial charge in [0.1, 0.15) is 17.3 Å². The SMILES string of the molecule is C=C(c1cccc(NC2=NS(=O)N=C2NCc2ccc(C)o2)c1O)N(C)C.CC.CCC(C)C. The van der Waals surface area contributed by atoms with Crippen molar-refractivity contribution in [2.24, 2.45) is 14.7 Å². The van der Waals surface area contributed by atoms with Crippen molar-refractivity contribution in [2.75, 3.05) is 19.4 Å². The van der Waals surface area contributed by atoms with E-state index in [1.807, 2.05) is 47.0 Å². The normalized spacial score (nSPS) is 14.2. The number of hydrogen-bond donors (Lipinski definition) is 3. The maximum absolute atomic E-state index is 11.8. The lowest BCUT2D eigenvalue weighted by atomic mass is 10.1. The zero-order chi connectivity index (χ0) is 25.8. The third kappa shape index (κ3) is 8.70. The number of anilines is 1. The summed E-state index contributed by atoms with van der Waals surface area (Å²) in [7, 11) is 3.69. The van der Waals surface area contributed by atoms with Crippen molar-refractivity contribution in [3.8, 4) is 5.75 Å². The zero-order valence-corrected chi connectivity index (χ0v) is 22.4. The fourth-order valence-corrected chi connectivity index (χ4v) is 3.09. The van der Waals surface area contributed by atoms with Crippen LogP contribution in [0.1, 0.15) is 58.1 Å². The average Bonchev–Trinajstić information content (AvgIpc) is 3.39. The molecule has 0 bridgehead atoms. The first kappa shape index (κ1) is 29.0. The maximum atomic E-state index is 11.8. The van der Waals surface area contributed by atoms with Crippen LogP contribution in [0.2, 0.25) is 0 Å². The Labute approximate surface area is 206 Å². The van der Waals surface area contributed by atoms with Crippen LogP contribution in [0.5, 0.6) is 5.75 Å². The number of aromatic hydroxyl groups is 1. The fraction of sp³-hybridized carbons (Fsp3) is 0.440. The lowest BCUT2D eigenvalue weighted by Gasteiger charge is -2.19. The number of hydrogen-bond acceptors (Lipinski definition) is 6. The predicted octanol–water partition coefficient (Wildman–Crippen LogP) is 5.50. The molecule has 2 heterocycles. The Morgan fingerprint density at radius 2 is 1.79 bits per heavy atom. The average molecular weight is 490 g/mol. The fourth-order valence-electron chi connectivity index (χ4n) is 2.46. The van der Waals surface area contributed by atoms with Gasteiger partial charge in [-0.05, 0) is 37.1 Å². The largest absolute Gasteiger partial charge is 0.505 e. The van der Waals surface area contributed by atoms with E-state index in [2.05, 4.69) is 46.8 Å². The van der Waals surface area contributed by atoms with Crippen LogP contribution >= 0.6 is 0 Å². The van der Waals surface area contributed by atoms with Crippen LogP contribution in [-0.4, -0.2) is 40.0 Å². The van der Waals surface area contributed by atoms with Crippen molar-refractivity contribution in [1.82, 2.24) is 10.2 Å². The highest BCUT2D eigenvalue weighted by atomic mass is 32.2. The highest BCUT2D eigenvalue weighted by Crippen LogP contribution is 2.32. The van der Waals surface area contributed by atoms with Gasteiger partial charge in [-0.25, -0.2) is 4.21 Å². The molecule has 34 heavy (non-hydrogen) atoms. The molecule has 1 unspecified atom stereocenters. The van der Waals surface area contributed by atoms with Crippen LogP contribution in [0, 0.1) is 12.8 Å². The Morgan fingerprint density at radius 3 is 2.32 bits per heavy atom. The molecular weight excluding hydrogens is 450 g/mol. The van der Waals surface area contributed by atoms with Gasteiger partial charge in [0, 0.05) is 25.4 Å². The molecule has 3 N–H and O–H groups in total. The molecule has 2 aromatic rings. The van der Waals surface area contributed by atoms with Crippen LogP contribution in [0.25, 0.3) is 5.70 Å². The topological polar surface area (TPSA) is 102 Å². The van der Waals surface area contributed by atoms with Gasteiger partial charge < -0.3 is 25.1 Å². The van der Waals surface area contributed by atoms with Gasteiger partial charge >= 0.3 is 0 Å². The van der Waals surface area contributed by atoms with E-state index in [9.17, 15) is 9.32 Å². The van der Waals surface area contributed by atoms with Crippen molar-refractivity contribution >= 4 is 34.2 Å². The molecule has 1 aromatic carbocycles. The van der Waals surface area contributed by atoms with E-state index >= 15 is 0 Å². The van der Waals surface area contributed by atoms with E-state index in [0.717, 1.165) is 17.4 Å². The molecule has 9 heteroatoms. The van der Waals surface area contributed by atoms with Gasteiger partial charge in [-0.2, -0.15) is 0 Å². The first-order valence-corrected chi connectivity index (χ1v) is 12.5. The van der Waals surface area contributed by atoms with Gasteiger partial charge in [-0.1, -0.05) is 53.7 Å². The molecule has 1 aromatic heterocycles. The molecule has 1 atom stereocenters. The Balaban J connectivity index is 0.000000733. The number of nitrogens with one attached hydrogen (secondary N) is 2. The Bertz CT molecular complexity index is 1030. The zero-order valence-electron chi connectivity index (χ0n) is 21.6. The summed E-state index contributed by atoms with van der Waals surface area (Å²) in [6, 6.07) is 8.96. The number of benzene rings is 1. The van der Waals surface area contributed by atoms with E-state index < -0.39 is 11.2 Å². The third-order valence-corrected chi connectivity index (χ3v) is 5.42. The quantitative estimate of drug-likeness (QED) is 0.463. The minimum Gasteiger partial charge on any atom is -0.505 e. The van der Waals surface area contributed by atoms with Gasteiger partial charge in [0.2, 0.25) is 0 Å². The summed E-state index contributed by atoms with van der Waals surface area (Å²) >= 11 is -1.72. The molecule has 0 radical (unpaired) electrons. The first-order chi connectivity index (χ1) is 16.1. The Kier molecular flexibility index (Phi) is 12.1. The predicted molar refractivity (Wildman–Crippen MR) is 144 cm³/mol. The van der Waals surface area contributed by atoms with Crippen LogP contribution in [0.15, 0.2) is 50.1 Å². The maximum Gasteiger partial charge on any atom is 0.269 e. The number of nitrogens with zero attached hydrogens (tertiary/aromatic N) is 3. The van der Waals surface area contributed by atoms with E-state index in [0.29, 0.717) is 29.3 Å². The standard InChI is InChI=1S/C18H21N5O3S.C5H12.C2H6/c1-11-8-9-13(26-11)10-19-17-18(22-27(25)21-17)20-15-7-5-6-14(16(15)24)12(2)23(3)4;1-4-5(2)3;1-2/h5-9,24H,2,10H2,1,3-4H3,(H,19,21)(H,20,22);5H,4H2,1-3H3;1-2H3. The van der Waals surface area contributed by atoms with Crippen molar-refractivity contribution in [2.45, 2.75) is 54.5 Å². The van der Waals surface area contributed by atoms with Crippen LogP contribution in [0.4, 0.5) is 5.69 Å². The minimum atomic E-state index is -1.72. The minimum absolute atomic E-state index is 0.0255. The molecule has 8 nitrogen and oxygen atoms in total. The van der Waals surface area contributed by atoms with Crippen molar-refractivity contribution < 1.29 is 13.7 Å². The first-order valence-electron chi connectivity index (χ1n) is 11.5. The summed E-state index contributed by atoms with van der Waals surface area (Å²) < 4.78 is 25.2. The van der Waals surface area contributed by atoms with Gasteiger partial charge in [0.05, 0.1) is 12.2 Å². The Hall–Kier alpha value is -3.07. The molecule has 1 aliphatic heterocycles. The molecule has 1 aliphatic rings.